The summed E-state index contributed by atoms with van der Waals surface area (Å²) in [4.78, 5) is 0. The van der Waals surface area contributed by atoms with Crippen molar-refractivity contribution in [3.05, 3.63) is 0 Å². The predicted molar refractivity (Wildman–Crippen MR) is 35.4 cm³/mol. The van der Waals surface area contributed by atoms with Gasteiger partial charge >= 0.3 is 0 Å². The predicted octanol–water partition coefficient (Wildman–Crippen LogP) is 1.37. The SMILES string of the molecule is BC1(CC)CCC1. The molecule has 1 saturated carbocycles. The average Bonchev–Trinajstić information content (AvgIpc) is 1.61. The minimum absolute atomic E-state index is 0.764. The zero-order valence-corrected chi connectivity index (χ0v) is 5.33. The maximum absolute atomic E-state index is 2.39. The molecule has 40 valence electrons. The highest BCUT2D eigenvalue weighted by molar-refractivity contribution is 6.15. The first-order valence-corrected chi connectivity index (χ1v) is 3.27. The Bertz CT molecular complexity index is 59.1. The van der Waals surface area contributed by atoms with Crippen LogP contribution in [0.1, 0.15) is 32.6 Å². The topological polar surface area (TPSA) is 0 Å². The molecule has 0 aliphatic heterocycles. The van der Waals surface area contributed by atoms with Crippen LogP contribution in [0.3, 0.4) is 0 Å². The van der Waals surface area contributed by atoms with Gasteiger partial charge in [0.15, 0.2) is 0 Å². The Morgan fingerprint density at radius 3 is 2.14 bits per heavy atom. The van der Waals surface area contributed by atoms with E-state index in [4.69, 9.17) is 0 Å². The van der Waals surface area contributed by atoms with Crippen LogP contribution in [0.25, 0.3) is 0 Å². The Kier molecular flexibility index (Phi) is 1.14. The van der Waals surface area contributed by atoms with Gasteiger partial charge in [0.05, 0.1) is 0 Å². The molecule has 1 rings (SSSR count). The Labute approximate surface area is 46.7 Å². The second-order valence-corrected chi connectivity index (χ2v) is 3.02. The fraction of sp³-hybridized carbons (Fsp3) is 1.00. The van der Waals surface area contributed by atoms with Gasteiger partial charge in [-0.3, -0.25) is 0 Å². The molecular weight excluding hydrogens is 82.9 g/mol. The van der Waals surface area contributed by atoms with Gasteiger partial charge < -0.3 is 0 Å². The normalized spacial score (nSPS) is 26.4. The highest BCUT2D eigenvalue weighted by Crippen LogP contribution is 2.47. The summed E-state index contributed by atoms with van der Waals surface area (Å²) < 4.78 is 0. The van der Waals surface area contributed by atoms with Crippen molar-refractivity contribution in [3.63, 3.8) is 0 Å². The first-order valence-electron chi connectivity index (χ1n) is 3.27. The fourth-order valence-corrected chi connectivity index (χ4v) is 1.13. The van der Waals surface area contributed by atoms with Gasteiger partial charge in [-0.05, 0) is 0 Å². The van der Waals surface area contributed by atoms with Gasteiger partial charge in [-0.1, -0.05) is 37.9 Å². The van der Waals surface area contributed by atoms with Gasteiger partial charge in [0.25, 0.3) is 0 Å². The zero-order valence-electron chi connectivity index (χ0n) is 5.33. The Hall–Kier alpha value is 0.0649. The van der Waals surface area contributed by atoms with Gasteiger partial charge in [-0.25, -0.2) is 0 Å². The Balaban J connectivity index is 2.29. The highest BCUT2D eigenvalue weighted by atomic mass is 14.3. The maximum atomic E-state index is 2.39. The highest BCUT2D eigenvalue weighted by Gasteiger charge is 2.28. The molecule has 0 aromatic carbocycles. The van der Waals surface area contributed by atoms with Crippen LogP contribution in [0.2, 0.25) is 5.31 Å². The van der Waals surface area contributed by atoms with Gasteiger partial charge in [0.2, 0.25) is 0 Å². The van der Waals surface area contributed by atoms with Gasteiger partial charge in [-0.2, -0.15) is 0 Å². The average molecular weight is 96.0 g/mol. The second-order valence-electron chi connectivity index (χ2n) is 3.02. The molecule has 0 N–H and O–H groups in total. The van der Waals surface area contributed by atoms with Gasteiger partial charge in [0, 0.05) is 0 Å². The van der Waals surface area contributed by atoms with Crippen molar-refractivity contribution in [2.45, 2.75) is 37.9 Å². The number of rotatable bonds is 1. The molecule has 0 saturated heterocycles. The molecule has 0 nitrogen and oxygen atoms in total. The molecule has 0 radical (unpaired) electrons. The third kappa shape index (κ3) is 0.819. The molecule has 0 bridgehead atoms. The third-order valence-electron chi connectivity index (χ3n) is 2.41. The summed E-state index contributed by atoms with van der Waals surface area (Å²) in [5, 5.41) is 0.764. The van der Waals surface area contributed by atoms with Crippen molar-refractivity contribution in [1.82, 2.24) is 0 Å². The Morgan fingerprint density at radius 1 is 1.57 bits per heavy atom. The minimum Gasteiger partial charge on any atom is -0.0655 e. The van der Waals surface area contributed by atoms with Crippen LogP contribution in [0.4, 0.5) is 0 Å². The van der Waals surface area contributed by atoms with E-state index < -0.39 is 0 Å². The van der Waals surface area contributed by atoms with Crippen LogP contribution in [-0.2, 0) is 0 Å². The molecule has 1 heteroatoms. The molecule has 1 fully saturated rings. The molecule has 0 aromatic heterocycles. The van der Waals surface area contributed by atoms with Crippen molar-refractivity contribution < 1.29 is 0 Å². The van der Waals surface area contributed by atoms with E-state index in [9.17, 15) is 0 Å². The fourth-order valence-electron chi connectivity index (χ4n) is 1.13. The standard InChI is InChI=1S/C6H13B/c1-2-6(7)4-3-5-6/h2-5,7H2,1H3. The molecule has 0 heterocycles. The molecule has 1 aliphatic rings. The van der Waals surface area contributed by atoms with E-state index in [2.05, 4.69) is 14.8 Å². The molecule has 0 unspecified atom stereocenters. The molecular formula is C6H13B. The summed E-state index contributed by atoms with van der Waals surface area (Å²) in [6.45, 7) is 2.29. The largest absolute Gasteiger partial charge is 0.109 e. The Morgan fingerprint density at radius 2 is 2.14 bits per heavy atom. The van der Waals surface area contributed by atoms with Crippen molar-refractivity contribution in [3.8, 4) is 0 Å². The van der Waals surface area contributed by atoms with Gasteiger partial charge in [-0.15, -0.1) is 0 Å². The van der Waals surface area contributed by atoms with Crippen LogP contribution >= 0.6 is 0 Å². The summed E-state index contributed by atoms with van der Waals surface area (Å²) in [5.74, 6) is 0. The summed E-state index contributed by atoms with van der Waals surface area (Å²) in [7, 11) is 2.39. The van der Waals surface area contributed by atoms with Crippen LogP contribution in [0.15, 0.2) is 0 Å². The van der Waals surface area contributed by atoms with E-state index in [-0.39, 0.29) is 0 Å². The van der Waals surface area contributed by atoms with E-state index >= 15 is 0 Å². The van der Waals surface area contributed by atoms with Crippen LogP contribution in [0.5, 0.6) is 0 Å². The molecule has 7 heavy (non-hydrogen) atoms. The quantitative estimate of drug-likeness (QED) is 0.432. The minimum atomic E-state index is 0.764. The molecule has 0 aromatic rings. The van der Waals surface area contributed by atoms with E-state index in [0.717, 1.165) is 5.31 Å². The second kappa shape index (κ2) is 1.54. The van der Waals surface area contributed by atoms with Crippen molar-refractivity contribution in [2.24, 2.45) is 0 Å². The lowest BCUT2D eigenvalue weighted by atomic mass is 9.54. The molecule has 1 aliphatic carbocycles. The summed E-state index contributed by atoms with van der Waals surface area (Å²) in [6.07, 6.45) is 5.81. The summed E-state index contributed by atoms with van der Waals surface area (Å²) >= 11 is 0. The monoisotopic (exact) mass is 96.1 g/mol. The van der Waals surface area contributed by atoms with Gasteiger partial charge in [0.1, 0.15) is 7.85 Å². The van der Waals surface area contributed by atoms with Crippen LogP contribution in [0, 0.1) is 0 Å². The number of hydrogen-bond acceptors (Lipinski definition) is 0. The summed E-state index contributed by atoms with van der Waals surface area (Å²) in [6, 6.07) is 0. The van der Waals surface area contributed by atoms with Crippen LogP contribution < -0.4 is 0 Å². The summed E-state index contributed by atoms with van der Waals surface area (Å²) in [5.41, 5.74) is 0. The third-order valence-corrected chi connectivity index (χ3v) is 2.41. The lowest BCUT2D eigenvalue weighted by Crippen LogP contribution is -2.20. The van der Waals surface area contributed by atoms with E-state index in [0.29, 0.717) is 0 Å². The number of hydrogen-bond donors (Lipinski definition) is 0. The lowest BCUT2D eigenvalue weighted by Gasteiger charge is -2.37. The van der Waals surface area contributed by atoms with Crippen molar-refractivity contribution in [1.29, 1.82) is 0 Å². The van der Waals surface area contributed by atoms with Crippen molar-refractivity contribution >= 4 is 7.85 Å². The first kappa shape index (κ1) is 5.21. The van der Waals surface area contributed by atoms with Crippen LogP contribution in [-0.4, -0.2) is 7.85 Å². The maximum Gasteiger partial charge on any atom is 0.109 e. The molecule has 0 spiro atoms. The molecule has 0 atom stereocenters. The molecule has 0 amide bonds. The smallest absolute Gasteiger partial charge is 0.0655 e. The van der Waals surface area contributed by atoms with Crippen molar-refractivity contribution in [2.75, 3.05) is 0 Å². The van der Waals surface area contributed by atoms with E-state index in [1.807, 2.05) is 0 Å². The van der Waals surface area contributed by atoms with E-state index in [1.165, 1.54) is 25.7 Å². The first-order chi connectivity index (χ1) is 3.27. The zero-order chi connectivity index (χ0) is 5.33. The lowest BCUT2D eigenvalue weighted by molar-refractivity contribution is 0.331. The van der Waals surface area contributed by atoms with E-state index in [1.54, 1.807) is 0 Å².